The molecule has 0 aliphatic carbocycles. The second kappa shape index (κ2) is 7.86. The number of aromatic nitrogens is 2. The zero-order valence-electron chi connectivity index (χ0n) is 14.6. The van der Waals surface area contributed by atoms with E-state index in [1.54, 1.807) is 24.3 Å². The van der Waals surface area contributed by atoms with Gasteiger partial charge in [-0.3, -0.25) is 9.48 Å². The quantitative estimate of drug-likeness (QED) is 0.652. The van der Waals surface area contributed by atoms with Gasteiger partial charge >= 0.3 is 0 Å². The summed E-state index contributed by atoms with van der Waals surface area (Å²) in [7, 11) is 1.49. The fourth-order valence-corrected chi connectivity index (χ4v) is 2.66. The summed E-state index contributed by atoms with van der Waals surface area (Å²) in [5.74, 6) is -0.0766. The second-order valence-electron chi connectivity index (χ2n) is 5.37. The Morgan fingerprint density at radius 1 is 1.48 bits per heavy atom. The maximum atomic E-state index is 12.5. The summed E-state index contributed by atoms with van der Waals surface area (Å²) >= 11 is 5.96. The van der Waals surface area contributed by atoms with Crippen LogP contribution in [0.3, 0.4) is 0 Å². The molecule has 2 aromatic rings. The maximum absolute atomic E-state index is 12.5. The number of carbonyl (C=O) groups is 1. The van der Waals surface area contributed by atoms with Crippen molar-refractivity contribution < 1.29 is 9.53 Å². The zero-order valence-corrected chi connectivity index (χ0v) is 15.3. The number of methoxy groups -OCH3 is 1. The van der Waals surface area contributed by atoms with E-state index in [0.29, 0.717) is 23.0 Å². The number of carbonyl (C=O) groups excluding carboxylic acids is 1. The SMILES string of the molecule is CCn1nc(C)c(/C=C(\C#N)C(=O)Nc2cc(Cl)ccc2OC)c1C. The van der Waals surface area contributed by atoms with Crippen LogP contribution in [0.4, 0.5) is 5.69 Å². The number of nitriles is 1. The molecule has 25 heavy (non-hydrogen) atoms. The highest BCUT2D eigenvalue weighted by molar-refractivity contribution is 6.31. The average molecular weight is 359 g/mol. The van der Waals surface area contributed by atoms with E-state index in [2.05, 4.69) is 10.4 Å². The van der Waals surface area contributed by atoms with Crippen LogP contribution in [0.1, 0.15) is 23.9 Å². The number of aryl methyl sites for hydroxylation is 2. The second-order valence-corrected chi connectivity index (χ2v) is 5.81. The third-order valence-corrected chi connectivity index (χ3v) is 4.04. The van der Waals surface area contributed by atoms with Gasteiger partial charge in [0.1, 0.15) is 17.4 Å². The van der Waals surface area contributed by atoms with Crippen LogP contribution in [0.15, 0.2) is 23.8 Å². The topological polar surface area (TPSA) is 79.9 Å². The van der Waals surface area contributed by atoms with Crippen molar-refractivity contribution in [3.63, 3.8) is 0 Å². The third-order valence-electron chi connectivity index (χ3n) is 3.80. The van der Waals surface area contributed by atoms with Crippen LogP contribution in [0, 0.1) is 25.2 Å². The number of halogens is 1. The minimum atomic E-state index is -0.536. The Morgan fingerprint density at radius 2 is 2.20 bits per heavy atom. The van der Waals surface area contributed by atoms with Gasteiger partial charge in [-0.1, -0.05) is 11.6 Å². The Morgan fingerprint density at radius 3 is 2.76 bits per heavy atom. The highest BCUT2D eigenvalue weighted by Crippen LogP contribution is 2.28. The number of hydrogen-bond acceptors (Lipinski definition) is 4. The first-order valence-electron chi connectivity index (χ1n) is 7.72. The van der Waals surface area contributed by atoms with Gasteiger partial charge in [0, 0.05) is 22.8 Å². The lowest BCUT2D eigenvalue weighted by Gasteiger charge is -2.10. The monoisotopic (exact) mass is 358 g/mol. The van der Waals surface area contributed by atoms with Crippen molar-refractivity contribution in [1.82, 2.24) is 9.78 Å². The maximum Gasteiger partial charge on any atom is 0.266 e. The average Bonchev–Trinajstić information content (AvgIpc) is 2.86. The molecule has 1 aromatic carbocycles. The number of nitrogens with one attached hydrogen (secondary N) is 1. The molecular weight excluding hydrogens is 340 g/mol. The van der Waals surface area contributed by atoms with Crippen LogP contribution in [0.25, 0.3) is 6.08 Å². The Balaban J connectivity index is 2.36. The number of nitrogens with zero attached hydrogens (tertiary/aromatic N) is 3. The van der Waals surface area contributed by atoms with Gasteiger partial charge in [-0.25, -0.2) is 0 Å². The molecule has 0 spiro atoms. The first-order chi connectivity index (χ1) is 11.9. The van der Waals surface area contributed by atoms with Crippen molar-refractivity contribution in [2.75, 3.05) is 12.4 Å². The highest BCUT2D eigenvalue weighted by atomic mass is 35.5. The summed E-state index contributed by atoms with van der Waals surface area (Å²) < 4.78 is 7.03. The largest absolute Gasteiger partial charge is 0.495 e. The van der Waals surface area contributed by atoms with E-state index >= 15 is 0 Å². The molecule has 2 rings (SSSR count). The number of amides is 1. The molecule has 6 nitrogen and oxygen atoms in total. The summed E-state index contributed by atoms with van der Waals surface area (Å²) in [4.78, 5) is 12.5. The molecule has 1 amide bonds. The fraction of sp³-hybridized carbons (Fsp3) is 0.278. The van der Waals surface area contributed by atoms with E-state index in [0.717, 1.165) is 17.0 Å². The van der Waals surface area contributed by atoms with E-state index in [9.17, 15) is 10.1 Å². The van der Waals surface area contributed by atoms with Crippen molar-refractivity contribution in [3.8, 4) is 11.8 Å². The molecule has 0 radical (unpaired) electrons. The lowest BCUT2D eigenvalue weighted by atomic mass is 10.1. The number of ether oxygens (including phenoxy) is 1. The number of anilines is 1. The van der Waals surface area contributed by atoms with Crippen molar-refractivity contribution in [3.05, 3.63) is 45.7 Å². The predicted molar refractivity (Wildman–Crippen MR) is 97.6 cm³/mol. The minimum Gasteiger partial charge on any atom is -0.495 e. The van der Waals surface area contributed by atoms with E-state index < -0.39 is 5.91 Å². The van der Waals surface area contributed by atoms with Gasteiger partial charge in [0.25, 0.3) is 5.91 Å². The zero-order chi connectivity index (χ0) is 18.6. The van der Waals surface area contributed by atoms with Gasteiger partial charge in [-0.15, -0.1) is 0 Å². The molecule has 1 aromatic heterocycles. The predicted octanol–water partition coefficient (Wildman–Crippen LogP) is 3.73. The van der Waals surface area contributed by atoms with Gasteiger partial charge in [0.2, 0.25) is 0 Å². The smallest absolute Gasteiger partial charge is 0.266 e. The molecule has 0 bridgehead atoms. The third kappa shape index (κ3) is 4.01. The molecule has 0 unspecified atom stereocenters. The first-order valence-corrected chi connectivity index (χ1v) is 8.09. The molecule has 130 valence electrons. The molecule has 0 aliphatic heterocycles. The van der Waals surface area contributed by atoms with E-state index in [1.807, 2.05) is 31.5 Å². The summed E-state index contributed by atoms with van der Waals surface area (Å²) in [6.07, 6.45) is 1.55. The molecular formula is C18H19ClN4O2. The molecule has 0 fully saturated rings. The van der Waals surface area contributed by atoms with E-state index in [1.165, 1.54) is 7.11 Å². The van der Waals surface area contributed by atoms with Crippen molar-refractivity contribution in [1.29, 1.82) is 5.26 Å². The van der Waals surface area contributed by atoms with Gasteiger partial charge in [0.05, 0.1) is 18.5 Å². The number of benzene rings is 1. The Labute approximate surface area is 151 Å². The Kier molecular flexibility index (Phi) is 5.84. The molecule has 7 heteroatoms. The lowest BCUT2D eigenvalue weighted by Crippen LogP contribution is -2.14. The lowest BCUT2D eigenvalue weighted by molar-refractivity contribution is -0.112. The molecule has 1 N–H and O–H groups in total. The van der Waals surface area contributed by atoms with Crippen LogP contribution in [0.5, 0.6) is 5.75 Å². The minimum absolute atomic E-state index is 0.0242. The molecule has 0 atom stereocenters. The normalized spacial score (nSPS) is 11.1. The van der Waals surface area contributed by atoms with Crippen LogP contribution >= 0.6 is 11.6 Å². The van der Waals surface area contributed by atoms with Crippen LogP contribution < -0.4 is 10.1 Å². The van der Waals surface area contributed by atoms with Gasteiger partial charge in [-0.05, 0) is 45.0 Å². The van der Waals surface area contributed by atoms with Crippen LogP contribution in [-0.4, -0.2) is 22.8 Å². The highest BCUT2D eigenvalue weighted by Gasteiger charge is 2.16. The first kappa shape index (κ1) is 18.6. The molecule has 0 saturated heterocycles. The molecule has 0 saturated carbocycles. The number of rotatable bonds is 5. The van der Waals surface area contributed by atoms with Crippen LogP contribution in [-0.2, 0) is 11.3 Å². The van der Waals surface area contributed by atoms with Crippen molar-refractivity contribution in [2.45, 2.75) is 27.3 Å². The van der Waals surface area contributed by atoms with Gasteiger partial charge in [0.15, 0.2) is 0 Å². The Hall–Kier alpha value is -2.78. The summed E-state index contributed by atoms with van der Waals surface area (Å²) in [5, 5.41) is 16.9. The van der Waals surface area contributed by atoms with Gasteiger partial charge in [-0.2, -0.15) is 10.4 Å². The number of hydrogen-bond donors (Lipinski definition) is 1. The summed E-state index contributed by atoms with van der Waals surface area (Å²) in [5.41, 5.74) is 2.82. The summed E-state index contributed by atoms with van der Waals surface area (Å²) in [6.45, 7) is 6.45. The van der Waals surface area contributed by atoms with E-state index in [4.69, 9.17) is 16.3 Å². The molecule has 0 aliphatic rings. The standard InChI is InChI=1S/C18H19ClN4O2/c1-5-23-12(3)15(11(2)22-23)8-13(10-20)18(24)21-16-9-14(19)6-7-17(16)25-4/h6-9H,5H2,1-4H3,(H,21,24)/b13-8+. The van der Waals surface area contributed by atoms with Crippen molar-refractivity contribution in [2.24, 2.45) is 0 Å². The van der Waals surface area contributed by atoms with Crippen LogP contribution in [0.2, 0.25) is 5.02 Å². The van der Waals surface area contributed by atoms with Gasteiger partial charge < -0.3 is 10.1 Å². The fourth-order valence-electron chi connectivity index (χ4n) is 2.49. The molecule has 1 heterocycles. The van der Waals surface area contributed by atoms with E-state index in [-0.39, 0.29) is 5.57 Å². The Bertz CT molecular complexity index is 878. The summed E-state index contributed by atoms with van der Waals surface area (Å²) in [6, 6.07) is 6.81. The van der Waals surface area contributed by atoms with Crippen molar-refractivity contribution >= 4 is 29.3 Å².